The minimum absolute atomic E-state index is 0.0655. The van der Waals surface area contributed by atoms with Crippen molar-refractivity contribution < 1.29 is 28.6 Å². The molecule has 0 aromatic rings. The second-order valence-corrected chi connectivity index (χ2v) is 17.0. The molecule has 0 N–H and O–H groups in total. The zero-order valence-corrected chi connectivity index (χ0v) is 36.1. The van der Waals surface area contributed by atoms with Crippen LogP contribution in [0.1, 0.15) is 253 Å². The van der Waals surface area contributed by atoms with E-state index in [0.717, 1.165) is 76.0 Å². The molecule has 1 atom stereocenters. The van der Waals surface area contributed by atoms with E-state index in [9.17, 15) is 14.4 Å². The van der Waals surface area contributed by atoms with Gasteiger partial charge in [0, 0.05) is 19.3 Å². The number of hydrogen-bond acceptors (Lipinski definition) is 6. The van der Waals surface area contributed by atoms with Crippen LogP contribution in [-0.2, 0) is 28.6 Å². The Bertz CT molecular complexity index is 809. The molecule has 0 amide bonds. The lowest BCUT2D eigenvalue weighted by atomic mass is 10.0. The van der Waals surface area contributed by atoms with E-state index in [2.05, 4.69) is 34.6 Å². The Morgan fingerprint density at radius 2 is 0.623 bits per heavy atom. The Morgan fingerprint density at radius 1 is 0.358 bits per heavy atom. The van der Waals surface area contributed by atoms with Gasteiger partial charge in [0.15, 0.2) is 6.10 Å². The molecule has 0 aliphatic rings. The van der Waals surface area contributed by atoms with Crippen molar-refractivity contribution in [1.82, 2.24) is 0 Å². The van der Waals surface area contributed by atoms with E-state index in [-0.39, 0.29) is 31.1 Å². The molecule has 53 heavy (non-hydrogen) atoms. The smallest absolute Gasteiger partial charge is 0.306 e. The van der Waals surface area contributed by atoms with Crippen molar-refractivity contribution in [3.8, 4) is 0 Å². The number of carbonyl (C=O) groups is 3. The summed E-state index contributed by atoms with van der Waals surface area (Å²) in [5.74, 6) is 0.797. The third-order valence-electron chi connectivity index (χ3n) is 10.5. The van der Waals surface area contributed by atoms with E-state index in [1.54, 1.807) is 0 Å². The van der Waals surface area contributed by atoms with Crippen molar-refractivity contribution in [2.75, 3.05) is 13.2 Å². The quantitative estimate of drug-likeness (QED) is 0.0352. The predicted octanol–water partition coefficient (Wildman–Crippen LogP) is 14.6. The predicted molar refractivity (Wildman–Crippen MR) is 224 cm³/mol. The van der Waals surface area contributed by atoms with Crippen LogP contribution in [0.25, 0.3) is 0 Å². The molecule has 6 nitrogen and oxygen atoms in total. The number of esters is 3. The van der Waals surface area contributed by atoms with Gasteiger partial charge in [-0.05, 0) is 31.1 Å². The molecule has 6 heteroatoms. The molecule has 0 spiro atoms. The molecule has 0 radical (unpaired) electrons. The molecule has 0 aromatic carbocycles. The zero-order chi connectivity index (χ0) is 39.0. The molecule has 314 valence electrons. The van der Waals surface area contributed by atoms with Gasteiger partial charge in [0.05, 0.1) is 0 Å². The van der Waals surface area contributed by atoms with Crippen LogP contribution >= 0.6 is 0 Å². The standard InChI is InChI=1S/C47H90O6/c1-6-7-8-25-32-37-45(48)51-40-44(53-47(50)39-34-29-24-20-16-12-10-14-18-22-27-31-36-43(4)5)41-52-46(49)38-33-28-23-19-15-11-9-13-17-21-26-30-35-42(2)3/h42-44H,6-41H2,1-5H3/t44-/m0/s1. The van der Waals surface area contributed by atoms with Crippen LogP contribution in [-0.4, -0.2) is 37.2 Å². The maximum atomic E-state index is 12.7. The first-order valence-electron chi connectivity index (χ1n) is 23.2. The molecule has 0 aliphatic carbocycles. The van der Waals surface area contributed by atoms with Gasteiger partial charge < -0.3 is 14.2 Å². The second-order valence-electron chi connectivity index (χ2n) is 17.0. The van der Waals surface area contributed by atoms with Crippen LogP contribution in [0.5, 0.6) is 0 Å². The van der Waals surface area contributed by atoms with Crippen LogP contribution in [0, 0.1) is 11.8 Å². The molecule has 0 aliphatic heterocycles. The molecular weight excluding hydrogens is 661 g/mol. The Hall–Kier alpha value is -1.59. The van der Waals surface area contributed by atoms with E-state index in [1.807, 2.05) is 0 Å². The zero-order valence-electron chi connectivity index (χ0n) is 36.1. The monoisotopic (exact) mass is 751 g/mol. The van der Waals surface area contributed by atoms with Crippen molar-refractivity contribution in [3.05, 3.63) is 0 Å². The van der Waals surface area contributed by atoms with Gasteiger partial charge in [0.1, 0.15) is 13.2 Å². The Balaban J connectivity index is 4.17. The van der Waals surface area contributed by atoms with Gasteiger partial charge in [-0.1, -0.05) is 214 Å². The Labute approximate surface area is 329 Å². The number of rotatable bonds is 41. The van der Waals surface area contributed by atoms with Gasteiger partial charge in [0.25, 0.3) is 0 Å². The minimum Gasteiger partial charge on any atom is -0.462 e. The summed E-state index contributed by atoms with van der Waals surface area (Å²) in [6.45, 7) is 11.3. The van der Waals surface area contributed by atoms with E-state index in [0.29, 0.717) is 19.3 Å². The molecule has 0 saturated heterocycles. The summed E-state index contributed by atoms with van der Waals surface area (Å²) in [6, 6.07) is 0. The molecule has 0 unspecified atom stereocenters. The summed E-state index contributed by atoms with van der Waals surface area (Å²) in [7, 11) is 0. The van der Waals surface area contributed by atoms with E-state index in [1.165, 1.54) is 135 Å². The lowest BCUT2D eigenvalue weighted by Crippen LogP contribution is -2.30. The average molecular weight is 751 g/mol. The molecule has 0 bridgehead atoms. The number of ether oxygens (including phenoxy) is 3. The van der Waals surface area contributed by atoms with Gasteiger partial charge in [-0.2, -0.15) is 0 Å². The highest BCUT2D eigenvalue weighted by Crippen LogP contribution is 2.17. The van der Waals surface area contributed by atoms with Crippen molar-refractivity contribution in [1.29, 1.82) is 0 Å². The molecular formula is C47H90O6. The summed E-state index contributed by atoms with van der Waals surface area (Å²) in [4.78, 5) is 37.5. The second kappa shape index (κ2) is 40.1. The molecule has 0 rings (SSSR count). The van der Waals surface area contributed by atoms with E-state index >= 15 is 0 Å². The van der Waals surface area contributed by atoms with Crippen molar-refractivity contribution in [3.63, 3.8) is 0 Å². The van der Waals surface area contributed by atoms with Gasteiger partial charge in [-0.15, -0.1) is 0 Å². The summed E-state index contributed by atoms with van der Waals surface area (Å²) in [6.07, 6.45) is 38.3. The normalized spacial score (nSPS) is 12.1. The van der Waals surface area contributed by atoms with Crippen LogP contribution in [0.3, 0.4) is 0 Å². The van der Waals surface area contributed by atoms with E-state index < -0.39 is 6.10 Å². The molecule has 0 saturated carbocycles. The summed E-state index contributed by atoms with van der Waals surface area (Å²) < 4.78 is 16.6. The first-order valence-corrected chi connectivity index (χ1v) is 23.2. The van der Waals surface area contributed by atoms with Crippen LogP contribution < -0.4 is 0 Å². The number of hydrogen-bond donors (Lipinski definition) is 0. The molecule has 0 heterocycles. The SMILES string of the molecule is CCCCCCCC(=O)OC[C@@H](COC(=O)CCCCCCCCCCCCCCC(C)C)OC(=O)CCCCCCCCCCCCCCC(C)C. The van der Waals surface area contributed by atoms with Crippen molar-refractivity contribution >= 4 is 17.9 Å². The Morgan fingerprint density at radius 3 is 0.925 bits per heavy atom. The highest BCUT2D eigenvalue weighted by molar-refractivity contribution is 5.71. The third kappa shape index (κ3) is 41.4. The van der Waals surface area contributed by atoms with Crippen LogP contribution in [0.2, 0.25) is 0 Å². The lowest BCUT2D eigenvalue weighted by molar-refractivity contribution is -0.167. The maximum Gasteiger partial charge on any atom is 0.306 e. The number of unbranched alkanes of at least 4 members (excludes halogenated alkanes) is 26. The van der Waals surface area contributed by atoms with Crippen molar-refractivity contribution in [2.45, 2.75) is 259 Å². The summed E-state index contributed by atoms with van der Waals surface area (Å²) in [5.41, 5.74) is 0. The maximum absolute atomic E-state index is 12.7. The molecule has 0 aromatic heterocycles. The van der Waals surface area contributed by atoms with Crippen molar-refractivity contribution in [2.24, 2.45) is 11.8 Å². The summed E-state index contributed by atoms with van der Waals surface area (Å²) in [5, 5.41) is 0. The van der Waals surface area contributed by atoms with Gasteiger partial charge in [0.2, 0.25) is 0 Å². The topological polar surface area (TPSA) is 78.9 Å². The minimum atomic E-state index is -0.759. The third-order valence-corrected chi connectivity index (χ3v) is 10.5. The summed E-state index contributed by atoms with van der Waals surface area (Å²) >= 11 is 0. The fraction of sp³-hybridized carbons (Fsp3) is 0.936. The highest BCUT2D eigenvalue weighted by atomic mass is 16.6. The van der Waals surface area contributed by atoms with E-state index in [4.69, 9.17) is 14.2 Å². The van der Waals surface area contributed by atoms with Gasteiger partial charge >= 0.3 is 17.9 Å². The molecule has 0 fully saturated rings. The number of carbonyl (C=O) groups excluding carboxylic acids is 3. The van der Waals surface area contributed by atoms with Gasteiger partial charge in [-0.3, -0.25) is 14.4 Å². The Kier molecular flexibility index (Phi) is 38.9. The van der Waals surface area contributed by atoms with Crippen LogP contribution in [0.4, 0.5) is 0 Å². The first kappa shape index (κ1) is 51.4. The van der Waals surface area contributed by atoms with Gasteiger partial charge in [-0.25, -0.2) is 0 Å². The van der Waals surface area contributed by atoms with Crippen LogP contribution in [0.15, 0.2) is 0 Å². The lowest BCUT2D eigenvalue weighted by Gasteiger charge is -2.18. The largest absolute Gasteiger partial charge is 0.462 e. The fourth-order valence-corrected chi connectivity index (χ4v) is 6.93. The first-order chi connectivity index (χ1) is 25.7. The fourth-order valence-electron chi connectivity index (χ4n) is 6.93. The highest BCUT2D eigenvalue weighted by Gasteiger charge is 2.19. The average Bonchev–Trinajstić information content (AvgIpc) is 3.12.